The summed E-state index contributed by atoms with van der Waals surface area (Å²) in [5.74, 6) is 1.83. The predicted molar refractivity (Wildman–Crippen MR) is 127 cm³/mol. The zero-order chi connectivity index (χ0) is 21.8. The van der Waals surface area contributed by atoms with Crippen LogP contribution in [0.4, 0.5) is 5.82 Å². The fourth-order valence-electron chi connectivity index (χ4n) is 4.28. The van der Waals surface area contributed by atoms with E-state index in [1.807, 2.05) is 25.1 Å². The number of aliphatic hydroxyl groups excluding tert-OH is 1. The molecule has 2 aromatic carbocycles. The average Bonchev–Trinajstić information content (AvgIpc) is 2.77. The number of nitrogens with zero attached hydrogens (tertiary/aromatic N) is 4. The van der Waals surface area contributed by atoms with Crippen LogP contribution in [-0.2, 0) is 6.42 Å². The van der Waals surface area contributed by atoms with Gasteiger partial charge in [-0.3, -0.25) is 4.90 Å². The van der Waals surface area contributed by atoms with Gasteiger partial charge in [0.15, 0.2) is 5.82 Å². The molecule has 1 atom stereocenters. The van der Waals surface area contributed by atoms with Crippen molar-refractivity contribution in [2.45, 2.75) is 33.3 Å². The molecule has 1 aliphatic rings. The SMILES string of the molecule is Cc1ccccc1Cc1c(C)nc(-c2ccccc2)nc1N1CCN(C[C@H](C)O)CC1. The first-order chi connectivity index (χ1) is 15.0. The van der Waals surface area contributed by atoms with Crippen molar-refractivity contribution < 1.29 is 5.11 Å². The second-order valence-electron chi connectivity index (χ2n) is 8.54. The highest BCUT2D eigenvalue weighted by Gasteiger charge is 2.24. The van der Waals surface area contributed by atoms with Gasteiger partial charge in [0.05, 0.1) is 6.10 Å². The molecule has 0 bridgehead atoms. The van der Waals surface area contributed by atoms with Gasteiger partial charge in [-0.25, -0.2) is 9.97 Å². The van der Waals surface area contributed by atoms with Crippen molar-refractivity contribution in [2.24, 2.45) is 0 Å². The molecule has 1 saturated heterocycles. The molecule has 5 heteroatoms. The molecule has 31 heavy (non-hydrogen) atoms. The van der Waals surface area contributed by atoms with E-state index < -0.39 is 0 Å². The van der Waals surface area contributed by atoms with Crippen LogP contribution in [0.1, 0.15) is 29.3 Å². The maximum atomic E-state index is 9.74. The summed E-state index contributed by atoms with van der Waals surface area (Å²) in [6.07, 6.45) is 0.533. The molecule has 0 unspecified atom stereocenters. The summed E-state index contributed by atoms with van der Waals surface area (Å²) in [5.41, 5.74) is 5.90. The van der Waals surface area contributed by atoms with Crippen molar-refractivity contribution in [3.05, 3.63) is 77.0 Å². The smallest absolute Gasteiger partial charge is 0.161 e. The number of β-amino-alcohol motifs (C(OH)–C–C–N with tert-alkyl or cyclic N) is 1. The third kappa shape index (κ3) is 5.12. The van der Waals surface area contributed by atoms with E-state index in [2.05, 4.69) is 60.0 Å². The topological polar surface area (TPSA) is 52.5 Å². The summed E-state index contributed by atoms with van der Waals surface area (Å²) in [5, 5.41) is 9.74. The first kappa shape index (κ1) is 21.5. The van der Waals surface area contributed by atoms with Crippen molar-refractivity contribution >= 4 is 5.82 Å². The summed E-state index contributed by atoms with van der Waals surface area (Å²) in [4.78, 5) is 14.7. The third-order valence-electron chi connectivity index (χ3n) is 6.05. The van der Waals surface area contributed by atoms with Gasteiger partial charge < -0.3 is 10.0 Å². The summed E-state index contributed by atoms with van der Waals surface area (Å²) in [6, 6.07) is 18.8. The molecule has 0 amide bonds. The van der Waals surface area contributed by atoms with Gasteiger partial charge in [-0.2, -0.15) is 0 Å². The standard InChI is InChI=1S/C26H32N4O/c1-19-9-7-8-12-23(19)17-24-21(3)27-25(22-10-5-4-6-11-22)28-26(24)30-15-13-29(14-16-30)18-20(2)31/h4-12,20,31H,13-18H2,1-3H3/t20-/m0/s1. The molecule has 0 saturated carbocycles. The van der Waals surface area contributed by atoms with E-state index in [0.29, 0.717) is 0 Å². The molecule has 1 aromatic heterocycles. The summed E-state index contributed by atoms with van der Waals surface area (Å²) < 4.78 is 0. The molecule has 0 radical (unpaired) electrons. The Morgan fingerprint density at radius 3 is 2.26 bits per heavy atom. The maximum Gasteiger partial charge on any atom is 0.161 e. The fraction of sp³-hybridized carbons (Fsp3) is 0.385. The van der Waals surface area contributed by atoms with Crippen LogP contribution in [0.15, 0.2) is 54.6 Å². The Kier molecular flexibility index (Phi) is 6.64. The van der Waals surface area contributed by atoms with E-state index in [9.17, 15) is 5.11 Å². The number of aryl methyl sites for hydroxylation is 2. The lowest BCUT2D eigenvalue weighted by Crippen LogP contribution is -2.48. The molecular weight excluding hydrogens is 384 g/mol. The van der Waals surface area contributed by atoms with Gasteiger partial charge in [0, 0.05) is 56.0 Å². The highest BCUT2D eigenvalue weighted by molar-refractivity contribution is 5.61. The van der Waals surface area contributed by atoms with Crippen LogP contribution in [0.3, 0.4) is 0 Å². The van der Waals surface area contributed by atoms with Crippen molar-refractivity contribution in [3.63, 3.8) is 0 Å². The second kappa shape index (κ2) is 9.58. The predicted octanol–water partition coefficient (Wildman–Crippen LogP) is 3.85. The third-order valence-corrected chi connectivity index (χ3v) is 6.05. The lowest BCUT2D eigenvalue weighted by Gasteiger charge is -2.37. The molecule has 162 valence electrons. The summed E-state index contributed by atoms with van der Waals surface area (Å²) in [6.45, 7) is 10.5. The molecule has 5 nitrogen and oxygen atoms in total. The van der Waals surface area contributed by atoms with E-state index >= 15 is 0 Å². The minimum absolute atomic E-state index is 0.297. The van der Waals surface area contributed by atoms with Crippen LogP contribution in [0.2, 0.25) is 0 Å². The molecule has 4 rings (SSSR count). The van der Waals surface area contributed by atoms with Crippen LogP contribution in [-0.4, -0.2) is 58.8 Å². The molecule has 2 heterocycles. The van der Waals surface area contributed by atoms with E-state index in [0.717, 1.165) is 62.0 Å². The van der Waals surface area contributed by atoms with Gasteiger partial charge in [0.2, 0.25) is 0 Å². The van der Waals surface area contributed by atoms with E-state index in [-0.39, 0.29) is 6.10 Å². The van der Waals surface area contributed by atoms with Gasteiger partial charge in [-0.05, 0) is 31.9 Å². The Hall–Kier alpha value is -2.76. The number of piperazine rings is 1. The van der Waals surface area contributed by atoms with E-state index in [4.69, 9.17) is 9.97 Å². The lowest BCUT2D eigenvalue weighted by atomic mass is 9.99. The number of anilines is 1. The Morgan fingerprint density at radius 1 is 0.903 bits per heavy atom. The fourth-order valence-corrected chi connectivity index (χ4v) is 4.28. The largest absolute Gasteiger partial charge is 0.392 e. The van der Waals surface area contributed by atoms with Gasteiger partial charge in [0.25, 0.3) is 0 Å². The monoisotopic (exact) mass is 416 g/mol. The molecule has 1 N–H and O–H groups in total. The van der Waals surface area contributed by atoms with Crippen LogP contribution in [0, 0.1) is 13.8 Å². The number of rotatable bonds is 6. The number of aliphatic hydroxyl groups is 1. The first-order valence-electron chi connectivity index (χ1n) is 11.1. The van der Waals surface area contributed by atoms with Gasteiger partial charge in [0.1, 0.15) is 5.82 Å². The van der Waals surface area contributed by atoms with Crippen molar-refractivity contribution in [3.8, 4) is 11.4 Å². The second-order valence-corrected chi connectivity index (χ2v) is 8.54. The normalized spacial score (nSPS) is 15.8. The number of aromatic nitrogens is 2. The van der Waals surface area contributed by atoms with E-state index in [1.165, 1.54) is 16.7 Å². The minimum atomic E-state index is -0.297. The zero-order valence-electron chi connectivity index (χ0n) is 18.8. The van der Waals surface area contributed by atoms with Crippen molar-refractivity contribution in [1.29, 1.82) is 0 Å². The molecule has 1 fully saturated rings. The van der Waals surface area contributed by atoms with Gasteiger partial charge >= 0.3 is 0 Å². The summed E-state index contributed by atoms with van der Waals surface area (Å²) in [7, 11) is 0. The van der Waals surface area contributed by atoms with Gasteiger partial charge in [-0.1, -0.05) is 54.6 Å². The van der Waals surface area contributed by atoms with Crippen molar-refractivity contribution in [2.75, 3.05) is 37.6 Å². The Balaban J connectivity index is 1.70. The Bertz CT molecular complexity index is 1010. The number of benzene rings is 2. The van der Waals surface area contributed by atoms with Crippen LogP contribution >= 0.6 is 0 Å². The van der Waals surface area contributed by atoms with Crippen LogP contribution in [0.25, 0.3) is 11.4 Å². The Morgan fingerprint density at radius 2 is 1.58 bits per heavy atom. The molecule has 0 aliphatic carbocycles. The number of hydrogen-bond acceptors (Lipinski definition) is 5. The first-order valence-corrected chi connectivity index (χ1v) is 11.1. The lowest BCUT2D eigenvalue weighted by molar-refractivity contribution is 0.122. The molecule has 3 aromatic rings. The molecule has 1 aliphatic heterocycles. The summed E-state index contributed by atoms with van der Waals surface area (Å²) >= 11 is 0. The van der Waals surface area contributed by atoms with E-state index in [1.54, 1.807) is 0 Å². The Labute approximate surface area is 185 Å². The van der Waals surface area contributed by atoms with Crippen LogP contribution < -0.4 is 4.90 Å². The molecule has 0 spiro atoms. The zero-order valence-corrected chi connectivity index (χ0v) is 18.8. The minimum Gasteiger partial charge on any atom is -0.392 e. The average molecular weight is 417 g/mol. The van der Waals surface area contributed by atoms with Crippen molar-refractivity contribution in [1.82, 2.24) is 14.9 Å². The highest BCUT2D eigenvalue weighted by Crippen LogP contribution is 2.29. The highest BCUT2D eigenvalue weighted by atomic mass is 16.3. The quantitative estimate of drug-likeness (QED) is 0.661. The maximum absolute atomic E-state index is 9.74. The van der Waals surface area contributed by atoms with Crippen LogP contribution in [0.5, 0.6) is 0 Å². The number of hydrogen-bond donors (Lipinski definition) is 1. The molecular formula is C26H32N4O. The van der Waals surface area contributed by atoms with Gasteiger partial charge in [-0.15, -0.1) is 0 Å².